The lowest BCUT2D eigenvalue weighted by Gasteiger charge is -2.32. The van der Waals surface area contributed by atoms with E-state index in [4.69, 9.17) is 0 Å². The van der Waals surface area contributed by atoms with Crippen LogP contribution in [0.25, 0.3) is 0 Å². The lowest BCUT2D eigenvalue weighted by atomic mass is 9.70. The van der Waals surface area contributed by atoms with Crippen molar-refractivity contribution in [2.24, 2.45) is 11.3 Å². The molecular weight excluding hydrogens is 168 g/mol. The molecule has 0 bridgehead atoms. The molecule has 2 unspecified atom stereocenters. The number of hydrogen-bond acceptors (Lipinski definition) is 3. The number of hydrogen-bond donors (Lipinski definition) is 0. The van der Waals surface area contributed by atoms with Crippen molar-refractivity contribution in [3.8, 4) is 0 Å². The molecule has 1 aliphatic carbocycles. The van der Waals surface area contributed by atoms with Gasteiger partial charge in [0.15, 0.2) is 5.78 Å². The second kappa shape index (κ2) is 3.48. The Hall–Kier alpha value is -0.860. The van der Waals surface area contributed by atoms with E-state index in [9.17, 15) is 9.59 Å². The van der Waals surface area contributed by atoms with Crippen molar-refractivity contribution in [2.45, 2.75) is 33.1 Å². The van der Waals surface area contributed by atoms with Crippen molar-refractivity contribution < 1.29 is 14.3 Å². The van der Waals surface area contributed by atoms with Crippen molar-refractivity contribution in [2.75, 3.05) is 7.11 Å². The molecule has 2 atom stereocenters. The molecule has 3 heteroatoms. The first-order valence-corrected chi connectivity index (χ1v) is 4.65. The van der Waals surface area contributed by atoms with E-state index in [2.05, 4.69) is 4.74 Å². The number of esters is 1. The van der Waals surface area contributed by atoms with Gasteiger partial charge in [0.05, 0.1) is 7.11 Å². The van der Waals surface area contributed by atoms with Crippen LogP contribution in [0.3, 0.4) is 0 Å². The van der Waals surface area contributed by atoms with Crippen molar-refractivity contribution in [3.63, 3.8) is 0 Å². The zero-order valence-electron chi connectivity index (χ0n) is 8.42. The van der Waals surface area contributed by atoms with Gasteiger partial charge >= 0.3 is 5.97 Å². The van der Waals surface area contributed by atoms with Gasteiger partial charge in [0, 0.05) is 5.92 Å². The first-order chi connectivity index (χ1) is 6.02. The Morgan fingerprint density at radius 2 is 2.23 bits per heavy atom. The van der Waals surface area contributed by atoms with Gasteiger partial charge in [0.25, 0.3) is 0 Å². The third-order valence-electron chi connectivity index (χ3n) is 2.94. The van der Waals surface area contributed by atoms with Gasteiger partial charge in [0.1, 0.15) is 5.41 Å². The van der Waals surface area contributed by atoms with Crippen LogP contribution in [-0.4, -0.2) is 18.9 Å². The fraction of sp³-hybridized carbons (Fsp3) is 0.800. The summed E-state index contributed by atoms with van der Waals surface area (Å²) >= 11 is 0. The van der Waals surface area contributed by atoms with Gasteiger partial charge < -0.3 is 4.74 Å². The van der Waals surface area contributed by atoms with Crippen molar-refractivity contribution in [3.05, 3.63) is 0 Å². The Balaban J connectivity index is 2.87. The zero-order valence-corrected chi connectivity index (χ0v) is 8.42. The summed E-state index contributed by atoms with van der Waals surface area (Å²) in [6.07, 6.45) is 2.45. The molecule has 3 nitrogen and oxygen atoms in total. The quantitative estimate of drug-likeness (QED) is 0.458. The van der Waals surface area contributed by atoms with E-state index >= 15 is 0 Å². The summed E-state index contributed by atoms with van der Waals surface area (Å²) in [5.41, 5.74) is -0.883. The minimum absolute atomic E-state index is 0.00199. The standard InChI is InChI=1S/C10H16O3/c1-7-5-4-6-10(2,8(7)11)9(12)13-3/h7H,4-6H2,1-3H3. The van der Waals surface area contributed by atoms with Crippen LogP contribution < -0.4 is 0 Å². The molecule has 0 saturated heterocycles. The summed E-state index contributed by atoms with van der Waals surface area (Å²) in [6, 6.07) is 0. The average Bonchev–Trinajstić information content (AvgIpc) is 2.13. The highest BCUT2D eigenvalue weighted by Gasteiger charge is 2.45. The van der Waals surface area contributed by atoms with Crippen LogP contribution in [0.4, 0.5) is 0 Å². The highest BCUT2D eigenvalue weighted by Crippen LogP contribution is 2.36. The van der Waals surface area contributed by atoms with Crippen LogP contribution in [0.1, 0.15) is 33.1 Å². The van der Waals surface area contributed by atoms with Gasteiger partial charge in [0.2, 0.25) is 0 Å². The number of rotatable bonds is 1. The third kappa shape index (κ3) is 1.60. The van der Waals surface area contributed by atoms with E-state index in [1.54, 1.807) is 6.92 Å². The molecule has 0 aliphatic heterocycles. The van der Waals surface area contributed by atoms with Gasteiger partial charge in [-0.1, -0.05) is 13.3 Å². The predicted molar refractivity (Wildman–Crippen MR) is 48.1 cm³/mol. The fourth-order valence-electron chi connectivity index (χ4n) is 1.99. The minimum Gasteiger partial charge on any atom is -0.468 e. The molecule has 0 heterocycles. The van der Waals surface area contributed by atoms with Gasteiger partial charge in [-0.05, 0) is 19.8 Å². The van der Waals surface area contributed by atoms with Crippen molar-refractivity contribution >= 4 is 11.8 Å². The molecule has 0 spiro atoms. The Kier molecular flexibility index (Phi) is 2.74. The summed E-state index contributed by atoms with van der Waals surface area (Å²) in [4.78, 5) is 23.1. The number of carbonyl (C=O) groups excluding carboxylic acids is 2. The minimum atomic E-state index is -0.883. The number of ether oxygens (including phenoxy) is 1. The largest absolute Gasteiger partial charge is 0.468 e. The molecule has 1 aliphatic rings. The molecule has 0 radical (unpaired) electrons. The Bertz CT molecular complexity index is 234. The first kappa shape index (κ1) is 10.2. The molecular formula is C10H16O3. The molecule has 1 fully saturated rings. The van der Waals surface area contributed by atoms with Crippen molar-refractivity contribution in [1.29, 1.82) is 0 Å². The summed E-state index contributed by atoms with van der Waals surface area (Å²) in [6.45, 7) is 3.57. The molecule has 1 saturated carbocycles. The molecule has 0 aromatic heterocycles. The van der Waals surface area contributed by atoms with Gasteiger partial charge in [-0.25, -0.2) is 0 Å². The SMILES string of the molecule is COC(=O)C1(C)CCCC(C)C1=O. The topological polar surface area (TPSA) is 43.4 Å². The summed E-state index contributed by atoms with van der Waals surface area (Å²) in [5.74, 6) is -0.354. The van der Waals surface area contributed by atoms with Crippen LogP contribution >= 0.6 is 0 Å². The fourth-order valence-corrected chi connectivity index (χ4v) is 1.99. The van der Waals surface area contributed by atoms with E-state index in [0.29, 0.717) is 6.42 Å². The highest BCUT2D eigenvalue weighted by atomic mass is 16.5. The maximum atomic E-state index is 11.7. The Morgan fingerprint density at radius 3 is 2.77 bits per heavy atom. The highest BCUT2D eigenvalue weighted by molar-refractivity contribution is 6.04. The van der Waals surface area contributed by atoms with Gasteiger partial charge in [-0.3, -0.25) is 9.59 Å². The van der Waals surface area contributed by atoms with Gasteiger partial charge in [-0.2, -0.15) is 0 Å². The summed E-state index contributed by atoms with van der Waals surface area (Å²) < 4.78 is 4.65. The Labute approximate surface area is 78.5 Å². The van der Waals surface area contributed by atoms with Crippen LogP contribution in [0.5, 0.6) is 0 Å². The molecule has 0 N–H and O–H groups in total. The maximum Gasteiger partial charge on any atom is 0.319 e. The monoisotopic (exact) mass is 184 g/mol. The summed E-state index contributed by atoms with van der Waals surface area (Å²) in [7, 11) is 1.33. The van der Waals surface area contributed by atoms with E-state index < -0.39 is 5.41 Å². The second-order valence-corrected chi connectivity index (χ2v) is 3.98. The third-order valence-corrected chi connectivity index (χ3v) is 2.94. The number of methoxy groups -OCH3 is 1. The summed E-state index contributed by atoms with van der Waals surface area (Å²) in [5, 5.41) is 0. The first-order valence-electron chi connectivity index (χ1n) is 4.65. The number of ketones is 1. The molecule has 13 heavy (non-hydrogen) atoms. The van der Waals surface area contributed by atoms with E-state index in [0.717, 1.165) is 12.8 Å². The molecule has 0 aromatic rings. The lowest BCUT2D eigenvalue weighted by Crippen LogP contribution is -2.43. The molecule has 1 rings (SSSR count). The van der Waals surface area contributed by atoms with E-state index in [1.165, 1.54) is 7.11 Å². The maximum absolute atomic E-state index is 11.7. The van der Waals surface area contributed by atoms with Crippen LogP contribution in [0.2, 0.25) is 0 Å². The average molecular weight is 184 g/mol. The van der Waals surface area contributed by atoms with Crippen LogP contribution in [0, 0.1) is 11.3 Å². The van der Waals surface area contributed by atoms with E-state index in [-0.39, 0.29) is 17.7 Å². The molecule has 0 amide bonds. The van der Waals surface area contributed by atoms with Crippen LogP contribution in [-0.2, 0) is 14.3 Å². The zero-order chi connectivity index (χ0) is 10.1. The van der Waals surface area contributed by atoms with Crippen molar-refractivity contribution in [1.82, 2.24) is 0 Å². The number of carbonyl (C=O) groups is 2. The predicted octanol–water partition coefficient (Wildman–Crippen LogP) is 1.55. The molecule has 0 aromatic carbocycles. The smallest absolute Gasteiger partial charge is 0.319 e. The van der Waals surface area contributed by atoms with Crippen LogP contribution in [0.15, 0.2) is 0 Å². The number of Topliss-reactive ketones (excluding diaryl/α,β-unsaturated/α-hetero) is 1. The second-order valence-electron chi connectivity index (χ2n) is 3.98. The van der Waals surface area contributed by atoms with Gasteiger partial charge in [-0.15, -0.1) is 0 Å². The lowest BCUT2D eigenvalue weighted by molar-refractivity contribution is -0.160. The van der Waals surface area contributed by atoms with E-state index in [1.807, 2.05) is 6.92 Å². The Morgan fingerprint density at radius 1 is 1.62 bits per heavy atom. The molecule has 74 valence electrons. The normalized spacial score (nSPS) is 34.4.